The zero-order valence-electron chi connectivity index (χ0n) is 14.9. The third kappa shape index (κ3) is 6.29. The van der Waals surface area contributed by atoms with Gasteiger partial charge in [-0.05, 0) is 43.3 Å². The lowest BCUT2D eigenvalue weighted by molar-refractivity contribution is 0.253. The van der Waals surface area contributed by atoms with Gasteiger partial charge in [0, 0.05) is 5.69 Å². The number of hydrogen-bond donors (Lipinski definition) is 2. The van der Waals surface area contributed by atoms with Crippen LogP contribution >= 0.6 is 0 Å². The standard InChI is InChI=1S/C20H22N2O4/c1-3-25-17-12-10-16(11-13-17)22-20(23)21-14-6-7-15-26-19-9-5-4-8-18(19)24-2/h4-5,8-13H,3,14-15H2,1-2H3,(H2,21,22,23). The number of methoxy groups -OCH3 is 1. The first-order valence-electron chi connectivity index (χ1n) is 8.22. The predicted octanol–water partition coefficient (Wildman–Crippen LogP) is 3.30. The van der Waals surface area contributed by atoms with Crippen molar-refractivity contribution in [2.75, 3.05) is 32.2 Å². The molecule has 0 saturated carbocycles. The summed E-state index contributed by atoms with van der Waals surface area (Å²) in [6, 6.07) is 14.2. The molecule has 0 unspecified atom stereocenters. The number of para-hydroxylation sites is 2. The molecule has 0 aliphatic carbocycles. The Morgan fingerprint density at radius 2 is 1.73 bits per heavy atom. The normalized spacial score (nSPS) is 9.46. The molecule has 6 heteroatoms. The monoisotopic (exact) mass is 354 g/mol. The van der Waals surface area contributed by atoms with E-state index >= 15 is 0 Å². The lowest BCUT2D eigenvalue weighted by atomic mass is 10.3. The molecule has 0 fully saturated rings. The van der Waals surface area contributed by atoms with Crippen LogP contribution in [0.25, 0.3) is 0 Å². The van der Waals surface area contributed by atoms with Crippen LogP contribution in [0.15, 0.2) is 48.5 Å². The molecule has 2 aromatic rings. The molecule has 136 valence electrons. The van der Waals surface area contributed by atoms with Crippen molar-refractivity contribution in [1.82, 2.24) is 5.32 Å². The number of hydrogen-bond acceptors (Lipinski definition) is 4. The van der Waals surface area contributed by atoms with Crippen LogP contribution in [0, 0.1) is 11.8 Å². The smallest absolute Gasteiger partial charge is 0.319 e. The van der Waals surface area contributed by atoms with Gasteiger partial charge in [0.05, 0.1) is 20.3 Å². The van der Waals surface area contributed by atoms with Gasteiger partial charge in [-0.3, -0.25) is 0 Å². The van der Waals surface area contributed by atoms with Gasteiger partial charge in [-0.25, -0.2) is 4.79 Å². The third-order valence-corrected chi connectivity index (χ3v) is 3.25. The number of benzene rings is 2. The second kappa shape index (κ2) is 10.5. The molecule has 2 amide bonds. The number of rotatable bonds is 7. The van der Waals surface area contributed by atoms with E-state index in [9.17, 15) is 4.79 Å². The zero-order chi connectivity index (χ0) is 18.6. The van der Waals surface area contributed by atoms with E-state index in [0.29, 0.717) is 23.8 Å². The number of amides is 2. The van der Waals surface area contributed by atoms with Gasteiger partial charge in [0.25, 0.3) is 0 Å². The van der Waals surface area contributed by atoms with Gasteiger partial charge in [0.2, 0.25) is 0 Å². The largest absolute Gasteiger partial charge is 0.494 e. The first-order valence-corrected chi connectivity index (χ1v) is 8.22. The Morgan fingerprint density at radius 1 is 1.00 bits per heavy atom. The summed E-state index contributed by atoms with van der Waals surface area (Å²) >= 11 is 0. The van der Waals surface area contributed by atoms with Crippen LogP contribution in [0.5, 0.6) is 17.2 Å². The molecule has 6 nitrogen and oxygen atoms in total. The fraction of sp³-hybridized carbons (Fsp3) is 0.250. The maximum atomic E-state index is 11.8. The van der Waals surface area contributed by atoms with Crippen LogP contribution in [0.2, 0.25) is 0 Å². The number of urea groups is 1. The summed E-state index contributed by atoms with van der Waals surface area (Å²) in [4.78, 5) is 11.8. The summed E-state index contributed by atoms with van der Waals surface area (Å²) in [5.41, 5.74) is 0.679. The lowest BCUT2D eigenvalue weighted by Crippen LogP contribution is -2.28. The number of carbonyl (C=O) groups is 1. The lowest BCUT2D eigenvalue weighted by Gasteiger charge is -2.07. The minimum atomic E-state index is -0.325. The molecule has 0 saturated heterocycles. The van der Waals surface area contributed by atoms with E-state index in [0.717, 1.165) is 5.75 Å². The van der Waals surface area contributed by atoms with E-state index in [2.05, 4.69) is 22.5 Å². The van der Waals surface area contributed by atoms with Gasteiger partial charge in [0.15, 0.2) is 11.5 Å². The first-order chi connectivity index (χ1) is 12.7. The van der Waals surface area contributed by atoms with E-state index < -0.39 is 0 Å². The van der Waals surface area contributed by atoms with Crippen LogP contribution in [-0.2, 0) is 0 Å². The Hall–Kier alpha value is -3.33. The quantitative estimate of drug-likeness (QED) is 0.749. The highest BCUT2D eigenvalue weighted by Crippen LogP contribution is 2.25. The van der Waals surface area contributed by atoms with Gasteiger partial charge in [-0.15, -0.1) is 0 Å². The van der Waals surface area contributed by atoms with E-state index in [1.165, 1.54) is 0 Å². The van der Waals surface area contributed by atoms with Crippen LogP contribution < -0.4 is 24.8 Å². The van der Waals surface area contributed by atoms with Crippen LogP contribution in [-0.4, -0.2) is 32.9 Å². The summed E-state index contributed by atoms with van der Waals surface area (Å²) in [7, 11) is 1.58. The highest BCUT2D eigenvalue weighted by atomic mass is 16.5. The third-order valence-electron chi connectivity index (χ3n) is 3.25. The fourth-order valence-electron chi connectivity index (χ4n) is 2.07. The number of carbonyl (C=O) groups excluding carboxylic acids is 1. The summed E-state index contributed by atoms with van der Waals surface area (Å²) < 4.78 is 16.1. The first kappa shape index (κ1) is 19.0. The molecule has 0 radical (unpaired) electrons. The van der Waals surface area contributed by atoms with Gasteiger partial charge < -0.3 is 24.8 Å². The minimum Gasteiger partial charge on any atom is -0.494 e. The van der Waals surface area contributed by atoms with Gasteiger partial charge >= 0.3 is 6.03 Å². The average Bonchev–Trinajstić information content (AvgIpc) is 2.66. The Kier molecular flexibility index (Phi) is 7.69. The van der Waals surface area contributed by atoms with Crippen molar-refractivity contribution in [3.05, 3.63) is 48.5 Å². The Balaban J connectivity index is 1.69. The van der Waals surface area contributed by atoms with Crippen LogP contribution in [0.4, 0.5) is 10.5 Å². The SMILES string of the molecule is CCOc1ccc(NC(=O)NCC#CCOc2ccccc2OC)cc1. The second-order valence-electron chi connectivity index (χ2n) is 5.06. The second-order valence-corrected chi connectivity index (χ2v) is 5.06. The highest BCUT2D eigenvalue weighted by Gasteiger charge is 2.01. The van der Waals surface area contributed by atoms with E-state index in [4.69, 9.17) is 14.2 Å². The van der Waals surface area contributed by atoms with Crippen molar-refractivity contribution in [3.8, 4) is 29.1 Å². The van der Waals surface area contributed by atoms with Crippen molar-refractivity contribution < 1.29 is 19.0 Å². The molecule has 26 heavy (non-hydrogen) atoms. The molecule has 2 N–H and O–H groups in total. The van der Waals surface area contributed by atoms with Gasteiger partial charge in [-0.2, -0.15) is 0 Å². The number of nitrogens with one attached hydrogen (secondary N) is 2. The molecule has 0 aliphatic rings. The molecule has 2 aromatic carbocycles. The van der Waals surface area contributed by atoms with E-state index in [1.807, 2.05) is 31.2 Å². The maximum Gasteiger partial charge on any atom is 0.319 e. The number of ether oxygens (including phenoxy) is 3. The summed E-state index contributed by atoms with van der Waals surface area (Å²) in [5.74, 6) is 7.72. The van der Waals surface area contributed by atoms with Gasteiger partial charge in [-0.1, -0.05) is 24.0 Å². The van der Waals surface area contributed by atoms with Crippen molar-refractivity contribution in [1.29, 1.82) is 0 Å². The fourth-order valence-corrected chi connectivity index (χ4v) is 2.07. The van der Waals surface area contributed by atoms with Gasteiger partial charge in [0.1, 0.15) is 12.4 Å². The van der Waals surface area contributed by atoms with Crippen molar-refractivity contribution >= 4 is 11.7 Å². The van der Waals surface area contributed by atoms with Crippen LogP contribution in [0.1, 0.15) is 6.92 Å². The molecule has 0 aromatic heterocycles. The predicted molar refractivity (Wildman–Crippen MR) is 101 cm³/mol. The van der Waals surface area contributed by atoms with E-state index in [1.54, 1.807) is 31.4 Å². The summed E-state index contributed by atoms with van der Waals surface area (Å²) in [6.07, 6.45) is 0. The summed E-state index contributed by atoms with van der Waals surface area (Å²) in [6.45, 7) is 2.95. The van der Waals surface area contributed by atoms with E-state index in [-0.39, 0.29) is 19.2 Å². The zero-order valence-corrected chi connectivity index (χ0v) is 14.9. The molecule has 0 aliphatic heterocycles. The van der Waals surface area contributed by atoms with Crippen molar-refractivity contribution in [2.24, 2.45) is 0 Å². The van der Waals surface area contributed by atoms with Crippen molar-refractivity contribution in [3.63, 3.8) is 0 Å². The Bertz CT molecular complexity index is 763. The topological polar surface area (TPSA) is 68.8 Å². The van der Waals surface area contributed by atoms with Crippen LogP contribution in [0.3, 0.4) is 0 Å². The molecular weight excluding hydrogens is 332 g/mol. The summed E-state index contributed by atoms with van der Waals surface area (Å²) in [5, 5.41) is 5.38. The molecule has 2 rings (SSSR count). The number of anilines is 1. The molecule has 0 atom stereocenters. The maximum absolute atomic E-state index is 11.8. The van der Waals surface area contributed by atoms with Crippen molar-refractivity contribution in [2.45, 2.75) is 6.92 Å². The highest BCUT2D eigenvalue weighted by molar-refractivity contribution is 5.89. The average molecular weight is 354 g/mol. The molecule has 0 spiro atoms. The Morgan fingerprint density at radius 3 is 2.42 bits per heavy atom. The molecular formula is C20H22N2O4. The Labute approximate surface area is 153 Å². The molecule has 0 bridgehead atoms. The molecule has 0 heterocycles. The minimum absolute atomic E-state index is 0.211.